The molecule has 2 aromatic rings. The standard InChI is InChI=1S/C13H15N5O2S2/c1-2-14-12(20)16-11(19)8-22-13-15-10(17-18-13)6-5-9-4-3-7-21-9/h3-7H,2,8H2,1H3,(H,15,17,18)(H2,14,16,19,20). The number of imide groups is 1. The van der Waals surface area contributed by atoms with E-state index in [4.69, 9.17) is 0 Å². The van der Waals surface area contributed by atoms with Gasteiger partial charge in [0.2, 0.25) is 11.1 Å². The van der Waals surface area contributed by atoms with E-state index in [-0.39, 0.29) is 5.75 Å². The molecule has 0 aliphatic heterocycles. The molecule has 0 fully saturated rings. The third-order valence-electron chi connectivity index (χ3n) is 2.35. The number of aromatic amines is 1. The van der Waals surface area contributed by atoms with Gasteiger partial charge in [-0.2, -0.15) is 0 Å². The largest absolute Gasteiger partial charge is 0.338 e. The van der Waals surface area contributed by atoms with E-state index in [9.17, 15) is 9.59 Å². The Kier molecular flexibility index (Phi) is 6.16. The van der Waals surface area contributed by atoms with Gasteiger partial charge in [-0.15, -0.1) is 16.4 Å². The first-order chi connectivity index (χ1) is 10.7. The predicted octanol–water partition coefficient (Wildman–Crippen LogP) is 1.97. The quantitative estimate of drug-likeness (QED) is 0.700. The lowest BCUT2D eigenvalue weighted by Crippen LogP contribution is -2.40. The number of amides is 3. The molecule has 0 aromatic carbocycles. The van der Waals surface area contributed by atoms with Gasteiger partial charge in [0.1, 0.15) is 5.82 Å². The van der Waals surface area contributed by atoms with Gasteiger partial charge in [0.05, 0.1) is 5.75 Å². The van der Waals surface area contributed by atoms with Gasteiger partial charge < -0.3 is 5.32 Å². The number of H-pyrrole nitrogens is 1. The van der Waals surface area contributed by atoms with Crippen LogP contribution in [0.2, 0.25) is 0 Å². The first-order valence-electron chi connectivity index (χ1n) is 6.52. The summed E-state index contributed by atoms with van der Waals surface area (Å²) in [7, 11) is 0. The van der Waals surface area contributed by atoms with Crippen LogP contribution in [0.5, 0.6) is 0 Å². The zero-order valence-corrected chi connectivity index (χ0v) is 13.5. The highest BCUT2D eigenvalue weighted by molar-refractivity contribution is 7.99. The normalized spacial score (nSPS) is 10.8. The molecule has 2 heterocycles. The number of aromatic nitrogens is 3. The zero-order chi connectivity index (χ0) is 15.8. The van der Waals surface area contributed by atoms with Crippen LogP contribution < -0.4 is 10.6 Å². The summed E-state index contributed by atoms with van der Waals surface area (Å²) in [4.78, 5) is 28.0. The molecular weight excluding hydrogens is 322 g/mol. The van der Waals surface area contributed by atoms with Crippen molar-refractivity contribution >= 4 is 47.2 Å². The van der Waals surface area contributed by atoms with Crippen molar-refractivity contribution in [2.45, 2.75) is 12.1 Å². The van der Waals surface area contributed by atoms with Crippen LogP contribution in [-0.2, 0) is 4.79 Å². The summed E-state index contributed by atoms with van der Waals surface area (Å²) < 4.78 is 0. The van der Waals surface area contributed by atoms with E-state index < -0.39 is 11.9 Å². The lowest BCUT2D eigenvalue weighted by atomic mass is 10.4. The molecule has 0 spiro atoms. The fourth-order valence-corrected chi connectivity index (χ4v) is 2.67. The first kappa shape index (κ1) is 16.2. The van der Waals surface area contributed by atoms with Crippen LogP contribution in [-0.4, -0.2) is 39.4 Å². The van der Waals surface area contributed by atoms with E-state index in [1.165, 1.54) is 0 Å². The minimum atomic E-state index is -0.498. The number of carbonyl (C=O) groups excluding carboxylic acids is 2. The third kappa shape index (κ3) is 5.34. The van der Waals surface area contributed by atoms with Crippen LogP contribution in [0.1, 0.15) is 17.6 Å². The Balaban J connectivity index is 1.79. The summed E-state index contributed by atoms with van der Waals surface area (Å²) in [6.45, 7) is 2.24. The molecule has 116 valence electrons. The molecule has 0 atom stereocenters. The fraction of sp³-hybridized carbons (Fsp3) is 0.231. The molecule has 22 heavy (non-hydrogen) atoms. The summed E-state index contributed by atoms with van der Waals surface area (Å²) >= 11 is 2.78. The lowest BCUT2D eigenvalue weighted by molar-refractivity contribution is -0.117. The first-order valence-corrected chi connectivity index (χ1v) is 8.38. The van der Waals surface area contributed by atoms with Crippen LogP contribution in [0.25, 0.3) is 12.2 Å². The maximum atomic E-state index is 11.5. The Morgan fingerprint density at radius 2 is 2.32 bits per heavy atom. The molecule has 2 rings (SSSR count). The van der Waals surface area contributed by atoms with Crippen molar-refractivity contribution in [1.29, 1.82) is 0 Å². The molecular formula is C13H15N5O2S2. The molecule has 0 aliphatic rings. The van der Waals surface area contributed by atoms with Gasteiger partial charge in [-0.25, -0.2) is 9.78 Å². The van der Waals surface area contributed by atoms with Crippen LogP contribution in [0, 0.1) is 0 Å². The Hall–Kier alpha value is -2.13. The number of rotatable bonds is 6. The van der Waals surface area contributed by atoms with Crippen molar-refractivity contribution < 1.29 is 9.59 Å². The minimum absolute atomic E-state index is 0.0725. The van der Waals surface area contributed by atoms with E-state index in [1.807, 2.05) is 29.7 Å². The molecule has 0 saturated carbocycles. The van der Waals surface area contributed by atoms with Crippen LogP contribution in [0.4, 0.5) is 4.79 Å². The second-order valence-electron chi connectivity index (χ2n) is 4.05. The molecule has 9 heteroatoms. The van der Waals surface area contributed by atoms with Gasteiger partial charge in [-0.3, -0.25) is 15.2 Å². The van der Waals surface area contributed by atoms with E-state index in [0.29, 0.717) is 17.5 Å². The Bertz CT molecular complexity index is 651. The van der Waals surface area contributed by atoms with Crippen molar-refractivity contribution in [2.75, 3.05) is 12.3 Å². The van der Waals surface area contributed by atoms with Gasteiger partial charge in [0.15, 0.2) is 0 Å². The summed E-state index contributed by atoms with van der Waals surface area (Å²) in [5, 5.41) is 13.9. The Morgan fingerprint density at radius 1 is 1.45 bits per heavy atom. The highest BCUT2D eigenvalue weighted by atomic mass is 32.2. The fourth-order valence-electron chi connectivity index (χ4n) is 1.44. The average Bonchev–Trinajstić information content (AvgIpc) is 3.15. The van der Waals surface area contributed by atoms with Crippen molar-refractivity contribution in [1.82, 2.24) is 25.8 Å². The Morgan fingerprint density at radius 3 is 3.05 bits per heavy atom. The minimum Gasteiger partial charge on any atom is -0.338 e. The number of thiophene rings is 1. The number of urea groups is 1. The maximum absolute atomic E-state index is 11.5. The number of hydrogen-bond acceptors (Lipinski definition) is 6. The monoisotopic (exact) mass is 337 g/mol. The van der Waals surface area contributed by atoms with E-state index >= 15 is 0 Å². The van der Waals surface area contributed by atoms with Crippen molar-refractivity contribution in [2.24, 2.45) is 0 Å². The molecule has 3 amide bonds. The van der Waals surface area contributed by atoms with Gasteiger partial charge in [0, 0.05) is 11.4 Å². The van der Waals surface area contributed by atoms with Crippen LogP contribution >= 0.6 is 23.1 Å². The summed E-state index contributed by atoms with van der Waals surface area (Å²) in [5.41, 5.74) is 0. The van der Waals surface area contributed by atoms with E-state index in [2.05, 4.69) is 25.8 Å². The zero-order valence-electron chi connectivity index (χ0n) is 11.8. The van der Waals surface area contributed by atoms with Crippen LogP contribution in [0.15, 0.2) is 22.7 Å². The van der Waals surface area contributed by atoms with Gasteiger partial charge in [0.25, 0.3) is 0 Å². The smallest absolute Gasteiger partial charge is 0.321 e. The van der Waals surface area contributed by atoms with Crippen molar-refractivity contribution in [3.05, 3.63) is 28.2 Å². The molecule has 0 radical (unpaired) electrons. The maximum Gasteiger partial charge on any atom is 0.321 e. The molecule has 7 nitrogen and oxygen atoms in total. The number of carbonyl (C=O) groups is 2. The van der Waals surface area contributed by atoms with E-state index in [0.717, 1.165) is 16.6 Å². The van der Waals surface area contributed by atoms with E-state index in [1.54, 1.807) is 18.3 Å². The van der Waals surface area contributed by atoms with Gasteiger partial charge in [-0.1, -0.05) is 17.8 Å². The molecule has 0 aliphatic carbocycles. The van der Waals surface area contributed by atoms with Gasteiger partial charge >= 0.3 is 6.03 Å². The second-order valence-corrected chi connectivity index (χ2v) is 5.97. The highest BCUT2D eigenvalue weighted by Crippen LogP contribution is 2.14. The number of nitrogens with one attached hydrogen (secondary N) is 3. The van der Waals surface area contributed by atoms with Crippen LogP contribution in [0.3, 0.4) is 0 Å². The second kappa shape index (κ2) is 8.35. The summed E-state index contributed by atoms with van der Waals surface area (Å²) in [6.07, 6.45) is 3.75. The number of thioether (sulfide) groups is 1. The van der Waals surface area contributed by atoms with Crippen molar-refractivity contribution in [3.63, 3.8) is 0 Å². The SMILES string of the molecule is CCNC(=O)NC(=O)CSc1n[nH]c(C=Cc2cccs2)n1. The van der Waals surface area contributed by atoms with Crippen molar-refractivity contribution in [3.8, 4) is 0 Å². The summed E-state index contributed by atoms with van der Waals surface area (Å²) in [6, 6.07) is 3.47. The average molecular weight is 337 g/mol. The highest BCUT2D eigenvalue weighted by Gasteiger charge is 2.09. The van der Waals surface area contributed by atoms with Gasteiger partial charge in [-0.05, 0) is 30.5 Å². The molecule has 0 bridgehead atoms. The molecule has 0 saturated heterocycles. The lowest BCUT2D eigenvalue weighted by Gasteiger charge is -2.02. The molecule has 3 N–H and O–H groups in total. The molecule has 0 unspecified atom stereocenters. The predicted molar refractivity (Wildman–Crippen MR) is 87.6 cm³/mol. The summed E-state index contributed by atoms with van der Waals surface area (Å²) in [5.74, 6) is 0.291. The third-order valence-corrected chi connectivity index (χ3v) is 4.04. The number of nitrogens with zero attached hydrogens (tertiary/aromatic N) is 2. The topological polar surface area (TPSA) is 99.8 Å². The Labute approximate surface area is 135 Å². The molecule has 2 aromatic heterocycles. The number of hydrogen-bond donors (Lipinski definition) is 3.